The predicted octanol–water partition coefficient (Wildman–Crippen LogP) is 3.13. The van der Waals surface area contributed by atoms with Crippen molar-refractivity contribution in [1.82, 2.24) is 14.8 Å². The Labute approximate surface area is 146 Å². The molecule has 3 rings (SSSR count). The third kappa shape index (κ3) is 3.56. The monoisotopic (exact) mass is 346 g/mol. The summed E-state index contributed by atoms with van der Waals surface area (Å²) in [4.78, 5) is 12.5. The van der Waals surface area contributed by atoms with E-state index in [1.807, 2.05) is 43.7 Å². The zero-order valence-corrected chi connectivity index (χ0v) is 15.2. The van der Waals surface area contributed by atoms with E-state index in [0.29, 0.717) is 17.4 Å². The van der Waals surface area contributed by atoms with Crippen LogP contribution in [0.1, 0.15) is 37.1 Å². The summed E-state index contributed by atoms with van der Waals surface area (Å²) in [6.45, 7) is 3.85. The van der Waals surface area contributed by atoms with Gasteiger partial charge in [0.15, 0.2) is 5.16 Å². The molecule has 7 heteroatoms. The van der Waals surface area contributed by atoms with Crippen LogP contribution in [0.15, 0.2) is 23.4 Å². The van der Waals surface area contributed by atoms with Crippen LogP contribution >= 0.6 is 11.8 Å². The average Bonchev–Trinajstić information content (AvgIpc) is 3.33. The van der Waals surface area contributed by atoms with Gasteiger partial charge in [-0.05, 0) is 44.4 Å². The molecular formula is C17H22N4O2S. The van der Waals surface area contributed by atoms with Crippen molar-refractivity contribution in [2.75, 3.05) is 12.4 Å². The summed E-state index contributed by atoms with van der Waals surface area (Å²) in [5.41, 5.74) is 1.75. The summed E-state index contributed by atoms with van der Waals surface area (Å²) in [5.74, 6) is 2.13. The van der Waals surface area contributed by atoms with Gasteiger partial charge < -0.3 is 14.6 Å². The molecule has 0 aliphatic heterocycles. The topological polar surface area (TPSA) is 69.0 Å². The van der Waals surface area contributed by atoms with E-state index in [0.717, 1.165) is 16.5 Å². The van der Waals surface area contributed by atoms with E-state index in [-0.39, 0.29) is 11.2 Å². The first-order valence-electron chi connectivity index (χ1n) is 8.01. The summed E-state index contributed by atoms with van der Waals surface area (Å²) >= 11 is 1.42. The molecule has 1 heterocycles. The molecule has 1 fully saturated rings. The number of ether oxygens (including phenoxy) is 1. The van der Waals surface area contributed by atoms with Crippen LogP contribution in [0.25, 0.3) is 0 Å². The van der Waals surface area contributed by atoms with Gasteiger partial charge in [-0.1, -0.05) is 17.8 Å². The van der Waals surface area contributed by atoms with Crippen LogP contribution in [-0.2, 0) is 11.8 Å². The minimum atomic E-state index is -0.287. The van der Waals surface area contributed by atoms with Crippen LogP contribution in [0, 0.1) is 6.92 Å². The fraction of sp³-hybridized carbons (Fsp3) is 0.471. The predicted molar refractivity (Wildman–Crippen MR) is 94.7 cm³/mol. The minimum Gasteiger partial charge on any atom is -0.495 e. The number of aromatic nitrogens is 3. The Morgan fingerprint density at radius 1 is 1.42 bits per heavy atom. The lowest BCUT2D eigenvalue weighted by Crippen LogP contribution is -2.23. The second-order valence-corrected chi connectivity index (χ2v) is 7.44. The number of hydrogen-bond donors (Lipinski definition) is 1. The van der Waals surface area contributed by atoms with Gasteiger partial charge in [0.25, 0.3) is 0 Å². The first-order valence-corrected chi connectivity index (χ1v) is 8.89. The van der Waals surface area contributed by atoms with Crippen LogP contribution in [0.3, 0.4) is 0 Å². The molecule has 0 saturated heterocycles. The smallest absolute Gasteiger partial charge is 0.237 e. The third-order valence-corrected chi connectivity index (χ3v) is 5.21. The fourth-order valence-electron chi connectivity index (χ4n) is 2.49. The maximum Gasteiger partial charge on any atom is 0.237 e. The van der Waals surface area contributed by atoms with E-state index in [2.05, 4.69) is 15.5 Å². The zero-order chi connectivity index (χ0) is 17.3. The summed E-state index contributed by atoms with van der Waals surface area (Å²) in [5, 5.41) is 11.9. The molecule has 2 aromatic rings. The van der Waals surface area contributed by atoms with E-state index in [1.165, 1.54) is 24.6 Å². The number of nitrogens with zero attached hydrogens (tertiary/aromatic N) is 3. The van der Waals surface area contributed by atoms with Crippen molar-refractivity contribution in [3.8, 4) is 5.75 Å². The molecular weight excluding hydrogens is 324 g/mol. The maximum atomic E-state index is 12.5. The normalized spacial score (nSPS) is 15.2. The molecule has 1 saturated carbocycles. The highest BCUT2D eigenvalue weighted by molar-refractivity contribution is 8.00. The Morgan fingerprint density at radius 2 is 2.17 bits per heavy atom. The number of amides is 1. The summed E-state index contributed by atoms with van der Waals surface area (Å²) < 4.78 is 7.31. The molecule has 1 N–H and O–H groups in total. The van der Waals surface area contributed by atoms with Crippen LogP contribution in [-0.4, -0.2) is 33.0 Å². The fourth-order valence-corrected chi connectivity index (χ4v) is 3.31. The molecule has 1 aliphatic rings. The quantitative estimate of drug-likeness (QED) is 0.814. The van der Waals surface area contributed by atoms with Gasteiger partial charge in [0.1, 0.15) is 11.6 Å². The van der Waals surface area contributed by atoms with Crippen molar-refractivity contribution in [3.63, 3.8) is 0 Å². The number of benzene rings is 1. The molecule has 1 aliphatic carbocycles. The lowest BCUT2D eigenvalue weighted by Gasteiger charge is -2.14. The zero-order valence-electron chi connectivity index (χ0n) is 14.4. The van der Waals surface area contributed by atoms with Gasteiger partial charge in [0, 0.05) is 13.0 Å². The second kappa shape index (κ2) is 6.84. The van der Waals surface area contributed by atoms with Crippen LogP contribution in [0.2, 0.25) is 0 Å². The van der Waals surface area contributed by atoms with Gasteiger partial charge in [-0.3, -0.25) is 4.79 Å². The highest BCUT2D eigenvalue weighted by Gasteiger charge is 2.30. The lowest BCUT2D eigenvalue weighted by molar-refractivity contribution is -0.115. The number of hydrogen-bond acceptors (Lipinski definition) is 5. The SMILES string of the molecule is COc1ccc(C)cc1NC(=O)[C@H](C)Sc1nnc(C2CC2)n1C. The standard InChI is InChI=1S/C17H22N4O2S/c1-10-5-8-14(23-4)13(9-10)18-16(22)11(2)24-17-20-19-15(21(17)3)12-6-7-12/h5,8-9,11-12H,6-7H2,1-4H3,(H,18,22)/t11-/m0/s1. The number of thioether (sulfide) groups is 1. The number of aryl methyl sites for hydroxylation is 1. The largest absolute Gasteiger partial charge is 0.495 e. The molecule has 24 heavy (non-hydrogen) atoms. The third-order valence-electron chi connectivity index (χ3n) is 4.08. The van der Waals surface area contributed by atoms with Crippen molar-refractivity contribution < 1.29 is 9.53 Å². The number of anilines is 1. The Balaban J connectivity index is 1.68. The lowest BCUT2D eigenvalue weighted by atomic mass is 10.2. The minimum absolute atomic E-state index is 0.0835. The number of nitrogens with one attached hydrogen (secondary N) is 1. The Morgan fingerprint density at radius 3 is 2.83 bits per heavy atom. The Hall–Kier alpha value is -2.02. The molecule has 1 amide bonds. The molecule has 1 aromatic carbocycles. The average molecular weight is 346 g/mol. The number of carbonyl (C=O) groups excluding carboxylic acids is 1. The van der Waals surface area contributed by atoms with Gasteiger partial charge in [0.05, 0.1) is 18.0 Å². The summed E-state index contributed by atoms with van der Waals surface area (Å²) in [7, 11) is 3.56. The van der Waals surface area contributed by atoms with Gasteiger partial charge in [-0.25, -0.2) is 0 Å². The highest BCUT2D eigenvalue weighted by atomic mass is 32.2. The van der Waals surface area contributed by atoms with Crippen molar-refractivity contribution in [2.45, 2.75) is 43.0 Å². The van der Waals surface area contributed by atoms with Gasteiger partial charge in [-0.2, -0.15) is 0 Å². The van der Waals surface area contributed by atoms with E-state index in [9.17, 15) is 4.79 Å². The van der Waals surface area contributed by atoms with Crippen LogP contribution < -0.4 is 10.1 Å². The van der Waals surface area contributed by atoms with E-state index in [4.69, 9.17) is 4.74 Å². The van der Waals surface area contributed by atoms with E-state index >= 15 is 0 Å². The van der Waals surface area contributed by atoms with Crippen molar-refractivity contribution >= 4 is 23.4 Å². The molecule has 128 valence electrons. The maximum absolute atomic E-state index is 12.5. The van der Waals surface area contributed by atoms with Gasteiger partial charge >= 0.3 is 0 Å². The molecule has 1 atom stereocenters. The molecule has 0 spiro atoms. The van der Waals surface area contributed by atoms with Gasteiger partial charge in [-0.15, -0.1) is 10.2 Å². The number of rotatable bonds is 6. The Kier molecular flexibility index (Phi) is 4.80. The van der Waals surface area contributed by atoms with E-state index in [1.54, 1.807) is 7.11 Å². The van der Waals surface area contributed by atoms with Crippen molar-refractivity contribution in [3.05, 3.63) is 29.6 Å². The van der Waals surface area contributed by atoms with Crippen LogP contribution in [0.4, 0.5) is 5.69 Å². The first kappa shape index (κ1) is 16.8. The van der Waals surface area contributed by atoms with Crippen LogP contribution in [0.5, 0.6) is 5.75 Å². The molecule has 0 bridgehead atoms. The second-order valence-electron chi connectivity index (χ2n) is 6.13. The molecule has 0 radical (unpaired) electrons. The summed E-state index contributed by atoms with van der Waals surface area (Å²) in [6.07, 6.45) is 2.36. The first-order chi connectivity index (χ1) is 11.5. The number of carbonyl (C=O) groups is 1. The molecule has 0 unspecified atom stereocenters. The van der Waals surface area contributed by atoms with Crippen molar-refractivity contribution in [1.29, 1.82) is 0 Å². The van der Waals surface area contributed by atoms with Gasteiger partial charge in [0.2, 0.25) is 5.91 Å². The Bertz CT molecular complexity index is 755. The molecule has 1 aromatic heterocycles. The number of methoxy groups -OCH3 is 1. The van der Waals surface area contributed by atoms with E-state index < -0.39 is 0 Å². The molecule has 6 nitrogen and oxygen atoms in total. The summed E-state index contributed by atoms with van der Waals surface area (Å²) in [6, 6.07) is 5.71. The highest BCUT2D eigenvalue weighted by Crippen LogP contribution is 2.39. The van der Waals surface area contributed by atoms with Crippen molar-refractivity contribution in [2.24, 2.45) is 7.05 Å².